The van der Waals surface area contributed by atoms with Crippen molar-refractivity contribution in [3.05, 3.63) is 46.2 Å². The van der Waals surface area contributed by atoms with Crippen LogP contribution >= 0.6 is 11.3 Å². The summed E-state index contributed by atoms with van der Waals surface area (Å²) in [5.74, 6) is 0.801. The molecule has 2 aromatic heterocycles. The van der Waals surface area contributed by atoms with Crippen LogP contribution in [0.1, 0.15) is 48.1 Å². The van der Waals surface area contributed by atoms with E-state index in [0.717, 1.165) is 43.7 Å². The standard InChI is InChI=1S/C17H21N3O2S/c21-16(7-6-14-4-3-9-23-14)18-10-13-11-19-17(20-12-13)15-5-1-2-8-22-15/h3-4,9,11-12,15H,1-2,5-8,10H2,(H,18,21)/t15-/m0/s1. The Hall–Kier alpha value is -1.79. The summed E-state index contributed by atoms with van der Waals surface area (Å²) in [6.45, 7) is 1.26. The Morgan fingerprint density at radius 1 is 1.35 bits per heavy atom. The van der Waals surface area contributed by atoms with Gasteiger partial charge in [-0.3, -0.25) is 4.79 Å². The number of amides is 1. The first-order valence-electron chi connectivity index (χ1n) is 8.03. The zero-order valence-electron chi connectivity index (χ0n) is 13.0. The summed E-state index contributed by atoms with van der Waals surface area (Å²) in [5.41, 5.74) is 0.911. The highest BCUT2D eigenvalue weighted by molar-refractivity contribution is 7.09. The van der Waals surface area contributed by atoms with Crippen LogP contribution in [0.25, 0.3) is 0 Å². The molecule has 122 valence electrons. The van der Waals surface area contributed by atoms with Gasteiger partial charge in [0.2, 0.25) is 5.91 Å². The van der Waals surface area contributed by atoms with Gasteiger partial charge in [0.25, 0.3) is 0 Å². The quantitative estimate of drug-likeness (QED) is 0.884. The molecule has 0 radical (unpaired) electrons. The summed E-state index contributed by atoms with van der Waals surface area (Å²) in [6, 6.07) is 4.06. The van der Waals surface area contributed by atoms with E-state index in [-0.39, 0.29) is 12.0 Å². The van der Waals surface area contributed by atoms with Crippen molar-refractivity contribution in [2.75, 3.05) is 6.61 Å². The van der Waals surface area contributed by atoms with Crippen LogP contribution in [-0.2, 0) is 22.5 Å². The minimum Gasteiger partial charge on any atom is -0.370 e. The molecule has 1 N–H and O–H groups in total. The highest BCUT2D eigenvalue weighted by atomic mass is 32.1. The number of rotatable bonds is 6. The van der Waals surface area contributed by atoms with E-state index in [1.807, 2.05) is 11.4 Å². The van der Waals surface area contributed by atoms with Gasteiger partial charge in [0.1, 0.15) is 6.10 Å². The molecule has 1 aliphatic heterocycles. The number of thiophene rings is 1. The second kappa shape index (κ2) is 8.17. The topological polar surface area (TPSA) is 64.1 Å². The Morgan fingerprint density at radius 2 is 2.22 bits per heavy atom. The first kappa shape index (κ1) is 16.1. The normalized spacial score (nSPS) is 17.8. The lowest BCUT2D eigenvalue weighted by atomic mass is 10.1. The van der Waals surface area contributed by atoms with Crippen molar-refractivity contribution in [1.82, 2.24) is 15.3 Å². The molecule has 6 heteroatoms. The van der Waals surface area contributed by atoms with Gasteiger partial charge in [-0.1, -0.05) is 6.07 Å². The molecule has 0 spiro atoms. The Kier molecular flexibility index (Phi) is 5.71. The third-order valence-electron chi connectivity index (χ3n) is 3.86. The summed E-state index contributed by atoms with van der Waals surface area (Å²) in [6.07, 6.45) is 8.15. The second-order valence-electron chi connectivity index (χ2n) is 5.66. The summed E-state index contributed by atoms with van der Waals surface area (Å²) < 4.78 is 5.68. The maximum atomic E-state index is 11.9. The number of carbonyl (C=O) groups excluding carboxylic acids is 1. The van der Waals surface area contributed by atoms with E-state index in [1.54, 1.807) is 23.7 Å². The molecule has 1 aliphatic rings. The van der Waals surface area contributed by atoms with Gasteiger partial charge in [-0.2, -0.15) is 0 Å². The fourth-order valence-electron chi connectivity index (χ4n) is 2.55. The number of hydrogen-bond donors (Lipinski definition) is 1. The maximum absolute atomic E-state index is 11.9. The predicted molar refractivity (Wildman–Crippen MR) is 89.1 cm³/mol. The Bertz CT molecular complexity index is 607. The zero-order chi connectivity index (χ0) is 15.9. The third-order valence-corrected chi connectivity index (χ3v) is 4.80. The lowest BCUT2D eigenvalue weighted by Gasteiger charge is -2.21. The summed E-state index contributed by atoms with van der Waals surface area (Å²) in [4.78, 5) is 21.9. The molecular weight excluding hydrogens is 310 g/mol. The number of hydrogen-bond acceptors (Lipinski definition) is 5. The van der Waals surface area contributed by atoms with Crippen molar-refractivity contribution in [3.8, 4) is 0 Å². The molecule has 5 nitrogen and oxygen atoms in total. The van der Waals surface area contributed by atoms with Crippen molar-refractivity contribution in [2.24, 2.45) is 0 Å². The summed E-state index contributed by atoms with van der Waals surface area (Å²) in [5, 5.41) is 4.94. The van der Waals surface area contributed by atoms with E-state index in [0.29, 0.717) is 13.0 Å². The van der Waals surface area contributed by atoms with E-state index in [2.05, 4.69) is 21.4 Å². The molecule has 2 aromatic rings. The van der Waals surface area contributed by atoms with Crippen LogP contribution in [0.5, 0.6) is 0 Å². The minimum absolute atomic E-state index is 0.0261. The lowest BCUT2D eigenvalue weighted by Crippen LogP contribution is -2.23. The van der Waals surface area contributed by atoms with E-state index < -0.39 is 0 Å². The molecule has 3 heterocycles. The van der Waals surface area contributed by atoms with Gasteiger partial charge in [0, 0.05) is 42.4 Å². The largest absolute Gasteiger partial charge is 0.370 e. The number of aryl methyl sites for hydroxylation is 1. The highest BCUT2D eigenvalue weighted by Crippen LogP contribution is 2.24. The smallest absolute Gasteiger partial charge is 0.220 e. The van der Waals surface area contributed by atoms with Crippen LogP contribution in [-0.4, -0.2) is 22.5 Å². The molecule has 0 unspecified atom stereocenters. The van der Waals surface area contributed by atoms with Gasteiger partial charge in [0.15, 0.2) is 5.82 Å². The summed E-state index contributed by atoms with van der Waals surface area (Å²) >= 11 is 1.68. The van der Waals surface area contributed by atoms with Crippen molar-refractivity contribution in [2.45, 2.75) is 44.8 Å². The molecule has 3 rings (SSSR count). The van der Waals surface area contributed by atoms with Gasteiger partial charge >= 0.3 is 0 Å². The average Bonchev–Trinajstić information content (AvgIpc) is 3.13. The van der Waals surface area contributed by atoms with Gasteiger partial charge in [-0.25, -0.2) is 9.97 Å². The van der Waals surface area contributed by atoms with Crippen molar-refractivity contribution < 1.29 is 9.53 Å². The number of carbonyl (C=O) groups is 1. The number of ether oxygens (including phenoxy) is 1. The Labute approximate surface area is 140 Å². The van der Waals surface area contributed by atoms with Crippen molar-refractivity contribution >= 4 is 17.2 Å². The van der Waals surface area contributed by atoms with Crippen LogP contribution in [0, 0.1) is 0 Å². The molecule has 1 saturated heterocycles. The first-order valence-corrected chi connectivity index (χ1v) is 8.91. The number of nitrogens with zero attached hydrogens (tertiary/aromatic N) is 2. The number of nitrogens with one attached hydrogen (secondary N) is 1. The van der Waals surface area contributed by atoms with Crippen molar-refractivity contribution in [1.29, 1.82) is 0 Å². The van der Waals surface area contributed by atoms with Crippen LogP contribution in [0.2, 0.25) is 0 Å². The molecule has 1 atom stereocenters. The fourth-order valence-corrected chi connectivity index (χ4v) is 3.26. The molecule has 0 saturated carbocycles. The fraction of sp³-hybridized carbons (Fsp3) is 0.471. The summed E-state index contributed by atoms with van der Waals surface area (Å²) in [7, 11) is 0. The van der Waals surface area contributed by atoms with E-state index in [9.17, 15) is 4.79 Å². The molecule has 23 heavy (non-hydrogen) atoms. The minimum atomic E-state index is 0.0261. The molecule has 0 aromatic carbocycles. The monoisotopic (exact) mass is 331 g/mol. The maximum Gasteiger partial charge on any atom is 0.220 e. The van der Waals surface area contributed by atoms with Crippen molar-refractivity contribution in [3.63, 3.8) is 0 Å². The van der Waals surface area contributed by atoms with Crippen LogP contribution in [0.4, 0.5) is 0 Å². The van der Waals surface area contributed by atoms with Gasteiger partial charge < -0.3 is 10.1 Å². The van der Waals surface area contributed by atoms with E-state index in [4.69, 9.17) is 4.74 Å². The third kappa shape index (κ3) is 4.84. The second-order valence-corrected chi connectivity index (χ2v) is 6.69. The molecule has 0 aliphatic carbocycles. The molecular formula is C17H21N3O2S. The van der Waals surface area contributed by atoms with Crippen LogP contribution in [0.3, 0.4) is 0 Å². The zero-order valence-corrected chi connectivity index (χ0v) is 13.8. The molecule has 1 amide bonds. The highest BCUT2D eigenvalue weighted by Gasteiger charge is 2.18. The van der Waals surface area contributed by atoms with Gasteiger partial charge in [-0.05, 0) is 37.1 Å². The first-order chi connectivity index (χ1) is 11.3. The SMILES string of the molecule is O=C(CCc1cccs1)NCc1cnc([C@@H]2CCCCO2)nc1. The molecule has 1 fully saturated rings. The predicted octanol–water partition coefficient (Wildman–Crippen LogP) is 3.03. The van der Waals surface area contributed by atoms with Gasteiger partial charge in [-0.15, -0.1) is 11.3 Å². The van der Waals surface area contributed by atoms with E-state index in [1.165, 1.54) is 4.88 Å². The number of aromatic nitrogens is 2. The average molecular weight is 331 g/mol. The van der Waals surface area contributed by atoms with Crippen LogP contribution < -0.4 is 5.32 Å². The van der Waals surface area contributed by atoms with E-state index >= 15 is 0 Å². The van der Waals surface area contributed by atoms with Gasteiger partial charge in [0.05, 0.1) is 0 Å². The lowest BCUT2D eigenvalue weighted by molar-refractivity contribution is -0.121. The molecule has 0 bridgehead atoms. The Morgan fingerprint density at radius 3 is 2.91 bits per heavy atom. The van der Waals surface area contributed by atoms with Crippen LogP contribution in [0.15, 0.2) is 29.9 Å². The Balaban J connectivity index is 1.43.